The van der Waals surface area contributed by atoms with E-state index in [2.05, 4.69) is 44.8 Å². The second kappa shape index (κ2) is 7.15. The average molecular weight is 332 g/mol. The Balaban J connectivity index is 0.00000156. The molecular weight excluding hydrogens is 310 g/mol. The monoisotopic (exact) mass is 331 g/mol. The maximum absolute atomic E-state index is 4.76. The van der Waals surface area contributed by atoms with Crippen LogP contribution in [0.1, 0.15) is 23.6 Å². The van der Waals surface area contributed by atoms with Crippen LogP contribution in [0.3, 0.4) is 0 Å². The molecule has 23 heavy (non-hydrogen) atoms. The molecule has 4 rings (SSSR count). The van der Waals surface area contributed by atoms with Gasteiger partial charge in [-0.2, -0.15) is 0 Å². The number of benzene rings is 1. The number of hydrogen-bond donors (Lipinski definition) is 2. The topological polar surface area (TPSA) is 53.1 Å². The molecule has 0 bridgehead atoms. The first-order chi connectivity index (χ1) is 10.9. The highest BCUT2D eigenvalue weighted by Crippen LogP contribution is 2.33. The summed E-state index contributed by atoms with van der Waals surface area (Å²) in [5.74, 6) is 1.84. The third kappa shape index (κ3) is 3.41. The van der Waals surface area contributed by atoms with Crippen molar-refractivity contribution < 1.29 is 0 Å². The van der Waals surface area contributed by atoms with Gasteiger partial charge in [0.25, 0.3) is 0 Å². The Morgan fingerprint density at radius 1 is 1.13 bits per heavy atom. The second-order valence-corrected chi connectivity index (χ2v) is 5.93. The van der Waals surface area contributed by atoms with Crippen LogP contribution in [0, 0.1) is 0 Å². The molecule has 1 atom stereocenters. The average Bonchev–Trinajstić information content (AvgIpc) is 2.99. The smallest absolute Gasteiger partial charge is 0.149 e. The van der Waals surface area contributed by atoms with Crippen LogP contribution in [0.15, 0.2) is 36.7 Å². The lowest BCUT2D eigenvalue weighted by molar-refractivity contribution is 0.584. The van der Waals surface area contributed by atoms with Crippen LogP contribution in [-0.2, 0) is 6.42 Å². The summed E-state index contributed by atoms with van der Waals surface area (Å²) in [6, 6.07) is 9.02. The summed E-state index contributed by atoms with van der Waals surface area (Å²) in [5, 5.41) is 6.92. The summed E-state index contributed by atoms with van der Waals surface area (Å²) in [4.78, 5) is 11.4. The molecule has 1 unspecified atom stereocenters. The number of aromatic nitrogens is 2. The highest BCUT2D eigenvalue weighted by Gasteiger charge is 2.22. The van der Waals surface area contributed by atoms with Gasteiger partial charge in [0.15, 0.2) is 0 Å². The molecular formula is C17H22ClN5. The molecule has 2 heterocycles. The summed E-state index contributed by atoms with van der Waals surface area (Å²) in [6.45, 7) is 4.00. The van der Waals surface area contributed by atoms with Crippen molar-refractivity contribution in [3.63, 3.8) is 0 Å². The van der Waals surface area contributed by atoms with Gasteiger partial charge in [-0.3, -0.25) is 4.98 Å². The van der Waals surface area contributed by atoms with Gasteiger partial charge in [-0.15, -0.1) is 12.4 Å². The van der Waals surface area contributed by atoms with Gasteiger partial charge in [-0.25, -0.2) is 4.98 Å². The fourth-order valence-corrected chi connectivity index (χ4v) is 3.36. The Morgan fingerprint density at radius 3 is 2.83 bits per heavy atom. The summed E-state index contributed by atoms with van der Waals surface area (Å²) in [7, 11) is 0. The zero-order chi connectivity index (χ0) is 14.8. The van der Waals surface area contributed by atoms with Gasteiger partial charge in [0.05, 0.1) is 18.4 Å². The van der Waals surface area contributed by atoms with Crippen molar-refractivity contribution in [1.82, 2.24) is 15.3 Å². The predicted octanol–water partition coefficient (Wildman–Crippen LogP) is 2.41. The van der Waals surface area contributed by atoms with E-state index in [1.165, 1.54) is 11.1 Å². The lowest BCUT2D eigenvalue weighted by atomic mass is 10.1. The van der Waals surface area contributed by atoms with E-state index in [4.69, 9.17) is 4.98 Å². The fourth-order valence-electron chi connectivity index (χ4n) is 3.36. The van der Waals surface area contributed by atoms with E-state index in [0.29, 0.717) is 6.04 Å². The Labute approximate surface area is 142 Å². The number of fused-ring (bicyclic) bond motifs is 1. The summed E-state index contributed by atoms with van der Waals surface area (Å²) >= 11 is 0. The van der Waals surface area contributed by atoms with Crippen LogP contribution >= 0.6 is 12.4 Å². The minimum absolute atomic E-state index is 0. The standard InChI is InChI=1S/C17H21N5.ClH/c1-2-4-14-13(3-1)5-6-15(14)20-16-11-19-12-17(21-16)22-9-7-18-8-10-22;/h1-4,11-12,15,18H,5-10H2,(H,20,21);1H. The van der Waals surface area contributed by atoms with Crippen molar-refractivity contribution in [2.45, 2.75) is 18.9 Å². The molecule has 2 N–H and O–H groups in total. The number of halogens is 1. The van der Waals surface area contributed by atoms with Crippen molar-refractivity contribution in [2.75, 3.05) is 36.4 Å². The number of anilines is 2. The molecule has 0 radical (unpaired) electrons. The maximum atomic E-state index is 4.76. The van der Waals surface area contributed by atoms with Gasteiger partial charge in [0.2, 0.25) is 0 Å². The minimum atomic E-state index is 0. The molecule has 1 aromatic heterocycles. The summed E-state index contributed by atoms with van der Waals surface area (Å²) in [6.07, 6.45) is 5.95. The quantitative estimate of drug-likeness (QED) is 0.904. The van der Waals surface area contributed by atoms with Crippen LogP contribution in [0.5, 0.6) is 0 Å². The van der Waals surface area contributed by atoms with Crippen LogP contribution < -0.4 is 15.5 Å². The summed E-state index contributed by atoms with van der Waals surface area (Å²) in [5.41, 5.74) is 2.85. The Morgan fingerprint density at radius 2 is 1.96 bits per heavy atom. The zero-order valence-electron chi connectivity index (χ0n) is 13.0. The Hall–Kier alpha value is -1.85. The van der Waals surface area contributed by atoms with Gasteiger partial charge < -0.3 is 15.5 Å². The van der Waals surface area contributed by atoms with Crippen LogP contribution in [0.25, 0.3) is 0 Å². The van der Waals surface area contributed by atoms with Gasteiger partial charge in [0.1, 0.15) is 11.6 Å². The molecule has 6 heteroatoms. The van der Waals surface area contributed by atoms with Gasteiger partial charge >= 0.3 is 0 Å². The van der Waals surface area contributed by atoms with Crippen molar-refractivity contribution in [3.8, 4) is 0 Å². The lowest BCUT2D eigenvalue weighted by Gasteiger charge is -2.28. The molecule has 5 nitrogen and oxygen atoms in total. The third-order valence-electron chi connectivity index (χ3n) is 4.52. The molecule has 1 saturated heterocycles. The molecule has 0 amide bonds. The first-order valence-electron chi connectivity index (χ1n) is 8.02. The molecule has 0 saturated carbocycles. The van der Waals surface area contributed by atoms with E-state index in [9.17, 15) is 0 Å². The van der Waals surface area contributed by atoms with E-state index in [0.717, 1.165) is 50.7 Å². The highest BCUT2D eigenvalue weighted by atomic mass is 35.5. The Bertz CT molecular complexity index is 657. The number of nitrogens with zero attached hydrogens (tertiary/aromatic N) is 3. The van der Waals surface area contributed by atoms with Gasteiger partial charge in [-0.05, 0) is 24.0 Å². The number of rotatable bonds is 3. The number of hydrogen-bond acceptors (Lipinski definition) is 5. The largest absolute Gasteiger partial charge is 0.362 e. The van der Waals surface area contributed by atoms with Crippen molar-refractivity contribution >= 4 is 24.0 Å². The fraction of sp³-hybridized carbons (Fsp3) is 0.412. The van der Waals surface area contributed by atoms with Gasteiger partial charge in [-0.1, -0.05) is 24.3 Å². The molecule has 0 spiro atoms. The van der Waals surface area contributed by atoms with E-state index in [-0.39, 0.29) is 12.4 Å². The van der Waals surface area contributed by atoms with Crippen molar-refractivity contribution in [3.05, 3.63) is 47.8 Å². The minimum Gasteiger partial charge on any atom is -0.362 e. The van der Waals surface area contributed by atoms with Crippen molar-refractivity contribution in [1.29, 1.82) is 0 Å². The van der Waals surface area contributed by atoms with E-state index in [1.807, 2.05) is 12.4 Å². The molecule has 122 valence electrons. The SMILES string of the molecule is Cl.c1ccc2c(c1)CCC2Nc1cncc(N2CCNCC2)n1. The number of aryl methyl sites for hydroxylation is 1. The molecule has 1 fully saturated rings. The second-order valence-electron chi connectivity index (χ2n) is 5.93. The van der Waals surface area contributed by atoms with Gasteiger partial charge in [0, 0.05) is 26.2 Å². The first kappa shape index (κ1) is 16.0. The molecule has 1 aliphatic carbocycles. The number of piperazine rings is 1. The Kier molecular flexibility index (Phi) is 4.98. The molecule has 2 aliphatic rings. The third-order valence-corrected chi connectivity index (χ3v) is 4.52. The maximum Gasteiger partial charge on any atom is 0.149 e. The summed E-state index contributed by atoms with van der Waals surface area (Å²) < 4.78 is 0. The van der Waals surface area contributed by atoms with Crippen LogP contribution in [0.4, 0.5) is 11.6 Å². The lowest BCUT2D eigenvalue weighted by Crippen LogP contribution is -2.44. The van der Waals surface area contributed by atoms with Crippen LogP contribution in [-0.4, -0.2) is 36.1 Å². The highest BCUT2D eigenvalue weighted by molar-refractivity contribution is 5.85. The first-order valence-corrected chi connectivity index (χ1v) is 8.02. The molecule has 1 aromatic carbocycles. The molecule has 1 aliphatic heterocycles. The zero-order valence-corrected chi connectivity index (χ0v) is 13.9. The van der Waals surface area contributed by atoms with E-state index < -0.39 is 0 Å². The van der Waals surface area contributed by atoms with Crippen molar-refractivity contribution in [2.24, 2.45) is 0 Å². The van der Waals surface area contributed by atoms with E-state index >= 15 is 0 Å². The normalized spacial score (nSPS) is 19.8. The predicted molar refractivity (Wildman–Crippen MR) is 95.5 cm³/mol. The van der Waals surface area contributed by atoms with Crippen LogP contribution in [0.2, 0.25) is 0 Å². The number of nitrogens with one attached hydrogen (secondary N) is 2. The molecule has 2 aromatic rings. The van der Waals surface area contributed by atoms with E-state index in [1.54, 1.807) is 0 Å².